The molecule has 2 aromatic rings. The van der Waals surface area contributed by atoms with Crippen molar-refractivity contribution < 1.29 is 4.74 Å². The van der Waals surface area contributed by atoms with Gasteiger partial charge in [-0.25, -0.2) is 4.98 Å². The first kappa shape index (κ1) is 21.1. The normalized spacial score (nSPS) is 15.7. The van der Waals surface area contributed by atoms with Crippen LogP contribution in [0.4, 0.5) is 11.5 Å². The van der Waals surface area contributed by atoms with Crippen LogP contribution in [0.2, 0.25) is 5.02 Å². The SMILES string of the molecule is CCCn1cc(N=CC(=CN)c2cnc(NC3CCOCC3)cc2Cl)ccc1=O. The third-order valence-electron chi connectivity index (χ3n) is 4.70. The topological polar surface area (TPSA) is 94.5 Å². The third kappa shape index (κ3) is 5.68. The first-order valence-corrected chi connectivity index (χ1v) is 10.1. The van der Waals surface area contributed by atoms with Crippen molar-refractivity contribution in [3.8, 4) is 0 Å². The smallest absolute Gasteiger partial charge is 0.250 e. The molecule has 0 saturated carbocycles. The van der Waals surface area contributed by atoms with E-state index in [-0.39, 0.29) is 5.56 Å². The van der Waals surface area contributed by atoms with E-state index in [2.05, 4.69) is 15.3 Å². The minimum Gasteiger partial charge on any atom is -0.404 e. The van der Waals surface area contributed by atoms with Crippen molar-refractivity contribution in [2.24, 2.45) is 10.7 Å². The number of anilines is 1. The van der Waals surface area contributed by atoms with Crippen LogP contribution in [-0.4, -0.2) is 35.0 Å². The zero-order valence-electron chi connectivity index (χ0n) is 16.5. The van der Waals surface area contributed by atoms with Gasteiger partial charge in [-0.2, -0.15) is 0 Å². The zero-order valence-corrected chi connectivity index (χ0v) is 17.2. The molecular formula is C21H26ClN5O2. The molecule has 0 unspecified atom stereocenters. The molecule has 0 spiro atoms. The number of aliphatic imine (C=N–C) groups is 1. The van der Waals surface area contributed by atoms with Crippen molar-refractivity contribution in [3.05, 3.63) is 57.7 Å². The van der Waals surface area contributed by atoms with E-state index in [1.807, 2.05) is 6.92 Å². The van der Waals surface area contributed by atoms with Gasteiger partial charge in [0.15, 0.2) is 0 Å². The Kier molecular flexibility index (Phi) is 7.43. The number of nitrogens with two attached hydrogens (primary N) is 1. The fourth-order valence-electron chi connectivity index (χ4n) is 3.13. The molecule has 3 rings (SSSR count). The number of allylic oxidation sites excluding steroid dienone is 1. The van der Waals surface area contributed by atoms with Gasteiger partial charge in [0, 0.05) is 67.8 Å². The summed E-state index contributed by atoms with van der Waals surface area (Å²) >= 11 is 6.48. The molecule has 29 heavy (non-hydrogen) atoms. The number of hydrogen-bond acceptors (Lipinski definition) is 6. The lowest BCUT2D eigenvalue weighted by Crippen LogP contribution is -2.28. The predicted octanol–water partition coefficient (Wildman–Crippen LogP) is 3.60. The second-order valence-electron chi connectivity index (χ2n) is 6.88. The van der Waals surface area contributed by atoms with Crippen LogP contribution in [0.1, 0.15) is 31.7 Å². The van der Waals surface area contributed by atoms with E-state index < -0.39 is 0 Å². The lowest BCUT2D eigenvalue weighted by Gasteiger charge is -2.23. The van der Waals surface area contributed by atoms with E-state index in [1.165, 1.54) is 12.3 Å². The van der Waals surface area contributed by atoms with Gasteiger partial charge >= 0.3 is 0 Å². The molecular weight excluding hydrogens is 390 g/mol. The van der Waals surface area contributed by atoms with Crippen molar-refractivity contribution in [2.45, 2.75) is 38.8 Å². The van der Waals surface area contributed by atoms with Crippen LogP contribution in [0, 0.1) is 0 Å². The number of aromatic nitrogens is 2. The van der Waals surface area contributed by atoms with Gasteiger partial charge in [-0.1, -0.05) is 18.5 Å². The summed E-state index contributed by atoms with van der Waals surface area (Å²) in [5, 5.41) is 3.93. The molecule has 154 valence electrons. The summed E-state index contributed by atoms with van der Waals surface area (Å²) in [5.41, 5.74) is 7.77. The number of nitrogens with zero attached hydrogens (tertiary/aromatic N) is 3. The molecule has 3 heterocycles. The summed E-state index contributed by atoms with van der Waals surface area (Å²) < 4.78 is 7.02. The molecule has 0 atom stereocenters. The number of nitrogens with one attached hydrogen (secondary N) is 1. The quantitative estimate of drug-likeness (QED) is 0.673. The summed E-state index contributed by atoms with van der Waals surface area (Å²) in [4.78, 5) is 20.8. The highest BCUT2D eigenvalue weighted by Crippen LogP contribution is 2.26. The van der Waals surface area contributed by atoms with Crippen molar-refractivity contribution in [3.63, 3.8) is 0 Å². The Morgan fingerprint density at radius 2 is 2.24 bits per heavy atom. The van der Waals surface area contributed by atoms with Crippen LogP contribution in [-0.2, 0) is 11.3 Å². The number of pyridine rings is 2. The molecule has 1 saturated heterocycles. The fourth-order valence-corrected chi connectivity index (χ4v) is 3.39. The van der Waals surface area contributed by atoms with Gasteiger partial charge in [-0.15, -0.1) is 0 Å². The maximum absolute atomic E-state index is 11.8. The van der Waals surface area contributed by atoms with E-state index in [0.717, 1.165) is 38.3 Å². The van der Waals surface area contributed by atoms with Crippen LogP contribution in [0.15, 0.2) is 46.6 Å². The maximum atomic E-state index is 11.8. The Morgan fingerprint density at radius 1 is 1.45 bits per heavy atom. The summed E-state index contributed by atoms with van der Waals surface area (Å²) in [6.07, 6.45) is 9.26. The lowest BCUT2D eigenvalue weighted by molar-refractivity contribution is 0.0904. The van der Waals surface area contributed by atoms with Gasteiger partial charge in [-0.3, -0.25) is 9.79 Å². The van der Waals surface area contributed by atoms with Crippen LogP contribution < -0.4 is 16.6 Å². The second kappa shape index (κ2) is 10.2. The molecule has 0 radical (unpaired) electrons. The van der Waals surface area contributed by atoms with Gasteiger partial charge < -0.3 is 20.4 Å². The lowest BCUT2D eigenvalue weighted by atomic mass is 10.1. The Hall–Kier alpha value is -2.64. The standard InChI is InChI=1S/C21H26ClN5O2/c1-2-7-27-14-17(3-4-21(27)28)24-12-15(11-23)18-13-25-20(10-19(18)22)26-16-5-8-29-9-6-16/h3-4,10-14,16H,2,5-9,23H2,1H3,(H,25,26). The van der Waals surface area contributed by atoms with Crippen molar-refractivity contribution in [1.29, 1.82) is 0 Å². The Balaban J connectivity index is 1.75. The summed E-state index contributed by atoms with van der Waals surface area (Å²) in [6.45, 7) is 4.18. The van der Waals surface area contributed by atoms with Crippen LogP contribution in [0.3, 0.4) is 0 Å². The van der Waals surface area contributed by atoms with Gasteiger partial charge in [0.1, 0.15) is 5.82 Å². The molecule has 0 amide bonds. The predicted molar refractivity (Wildman–Crippen MR) is 118 cm³/mol. The third-order valence-corrected chi connectivity index (χ3v) is 5.02. The molecule has 0 aromatic carbocycles. The van der Waals surface area contributed by atoms with Crippen LogP contribution in [0.25, 0.3) is 5.57 Å². The van der Waals surface area contributed by atoms with E-state index in [1.54, 1.807) is 35.3 Å². The second-order valence-corrected chi connectivity index (χ2v) is 7.29. The number of aryl methyl sites for hydroxylation is 1. The van der Waals surface area contributed by atoms with Gasteiger partial charge in [0.2, 0.25) is 0 Å². The average molecular weight is 416 g/mol. The maximum Gasteiger partial charge on any atom is 0.250 e. The monoisotopic (exact) mass is 415 g/mol. The molecule has 0 aliphatic carbocycles. The van der Waals surface area contributed by atoms with Gasteiger partial charge in [0.05, 0.1) is 10.7 Å². The molecule has 1 aliphatic heterocycles. The first-order chi connectivity index (χ1) is 14.1. The zero-order chi connectivity index (χ0) is 20.6. The minimum absolute atomic E-state index is 0.0414. The van der Waals surface area contributed by atoms with Crippen molar-refractivity contribution in [2.75, 3.05) is 18.5 Å². The molecule has 7 nitrogen and oxygen atoms in total. The van der Waals surface area contributed by atoms with Crippen molar-refractivity contribution >= 4 is 34.9 Å². The molecule has 2 aromatic heterocycles. The Bertz CT molecular complexity index is 948. The summed E-state index contributed by atoms with van der Waals surface area (Å²) in [5.74, 6) is 0.727. The Morgan fingerprint density at radius 3 is 2.93 bits per heavy atom. The molecule has 1 fully saturated rings. The number of hydrogen-bond donors (Lipinski definition) is 2. The Labute approximate surface area is 175 Å². The highest BCUT2D eigenvalue weighted by molar-refractivity contribution is 6.34. The minimum atomic E-state index is -0.0414. The van der Waals surface area contributed by atoms with E-state index >= 15 is 0 Å². The van der Waals surface area contributed by atoms with E-state index in [9.17, 15) is 4.79 Å². The average Bonchev–Trinajstić information content (AvgIpc) is 2.73. The van der Waals surface area contributed by atoms with Crippen LogP contribution in [0.5, 0.6) is 0 Å². The largest absolute Gasteiger partial charge is 0.404 e. The van der Waals surface area contributed by atoms with Crippen LogP contribution >= 0.6 is 11.6 Å². The van der Waals surface area contributed by atoms with E-state index in [0.29, 0.717) is 34.4 Å². The molecule has 8 heteroatoms. The number of halogens is 1. The highest BCUT2D eigenvalue weighted by Gasteiger charge is 2.15. The highest BCUT2D eigenvalue weighted by atomic mass is 35.5. The summed E-state index contributed by atoms with van der Waals surface area (Å²) in [6, 6.07) is 5.33. The number of rotatable bonds is 7. The number of ether oxygens (including phenoxy) is 1. The molecule has 1 aliphatic rings. The first-order valence-electron chi connectivity index (χ1n) is 9.77. The van der Waals surface area contributed by atoms with E-state index in [4.69, 9.17) is 22.1 Å². The van der Waals surface area contributed by atoms with Gasteiger partial charge in [0.25, 0.3) is 5.56 Å². The van der Waals surface area contributed by atoms with Crippen molar-refractivity contribution in [1.82, 2.24) is 9.55 Å². The fraction of sp³-hybridized carbons (Fsp3) is 0.381. The van der Waals surface area contributed by atoms with Gasteiger partial charge in [-0.05, 0) is 31.4 Å². The molecule has 3 N–H and O–H groups in total. The summed E-state index contributed by atoms with van der Waals surface area (Å²) in [7, 11) is 0. The molecule has 0 bridgehead atoms.